The summed E-state index contributed by atoms with van der Waals surface area (Å²) in [4.78, 5) is 6.77. The van der Waals surface area contributed by atoms with Gasteiger partial charge in [-0.25, -0.2) is 0 Å². The molecule has 5 nitrogen and oxygen atoms in total. The summed E-state index contributed by atoms with van der Waals surface area (Å²) in [5, 5.41) is 0. The van der Waals surface area contributed by atoms with Crippen LogP contribution in [0.2, 0.25) is 0 Å². The van der Waals surface area contributed by atoms with Gasteiger partial charge in [0.25, 0.3) is 0 Å². The summed E-state index contributed by atoms with van der Waals surface area (Å²) in [6.07, 6.45) is 9.38. The lowest BCUT2D eigenvalue weighted by atomic mass is 10.0. The number of pyridine rings is 1. The first-order chi connectivity index (χ1) is 12.9. The van der Waals surface area contributed by atoms with E-state index in [0.29, 0.717) is 12.0 Å². The highest BCUT2D eigenvalue weighted by Gasteiger charge is 2.24. The number of fused-ring (bicyclic) bond motifs is 1. The third-order valence-corrected chi connectivity index (χ3v) is 5.53. The summed E-state index contributed by atoms with van der Waals surface area (Å²) in [5.41, 5.74) is 2.68. The minimum absolute atomic E-state index is 0.486. The van der Waals surface area contributed by atoms with Crippen molar-refractivity contribution in [2.75, 3.05) is 33.0 Å². The van der Waals surface area contributed by atoms with Crippen molar-refractivity contribution in [2.24, 2.45) is 5.92 Å². The van der Waals surface area contributed by atoms with Gasteiger partial charge in [-0.15, -0.1) is 0 Å². The predicted octanol–water partition coefficient (Wildman–Crippen LogP) is 3.27. The zero-order valence-electron chi connectivity index (χ0n) is 15.4. The van der Waals surface area contributed by atoms with Crippen LogP contribution in [0.15, 0.2) is 42.9 Å². The molecule has 1 saturated heterocycles. The Morgan fingerprint density at radius 3 is 2.96 bits per heavy atom. The minimum atomic E-state index is 0.486. The first-order valence-corrected chi connectivity index (χ1v) is 9.81. The van der Waals surface area contributed by atoms with Crippen molar-refractivity contribution < 1.29 is 9.47 Å². The van der Waals surface area contributed by atoms with E-state index < -0.39 is 0 Å². The third-order valence-electron chi connectivity index (χ3n) is 5.53. The van der Waals surface area contributed by atoms with E-state index in [1.165, 1.54) is 11.3 Å². The second kappa shape index (κ2) is 8.80. The summed E-state index contributed by atoms with van der Waals surface area (Å²) in [7, 11) is 0. The van der Waals surface area contributed by atoms with Gasteiger partial charge in [-0.2, -0.15) is 0 Å². The van der Waals surface area contributed by atoms with Crippen LogP contribution in [0.3, 0.4) is 0 Å². The number of hydrogen-bond donors (Lipinski definition) is 0. The molecule has 2 aromatic rings. The molecule has 0 aromatic carbocycles. The number of rotatable bonds is 7. The molecule has 0 radical (unpaired) electrons. The van der Waals surface area contributed by atoms with Crippen molar-refractivity contribution in [1.29, 1.82) is 0 Å². The van der Waals surface area contributed by atoms with Crippen molar-refractivity contribution in [1.82, 2.24) is 14.5 Å². The van der Waals surface area contributed by atoms with Crippen LogP contribution in [-0.2, 0) is 22.6 Å². The fourth-order valence-corrected chi connectivity index (χ4v) is 4.08. The fraction of sp³-hybridized carbons (Fsp3) is 0.571. The van der Waals surface area contributed by atoms with Crippen molar-refractivity contribution in [3.8, 4) is 0 Å². The monoisotopic (exact) mass is 355 g/mol. The van der Waals surface area contributed by atoms with Crippen LogP contribution in [0.1, 0.15) is 36.6 Å². The molecule has 1 atom stereocenters. The Morgan fingerprint density at radius 2 is 2.12 bits per heavy atom. The van der Waals surface area contributed by atoms with Gasteiger partial charge in [-0.3, -0.25) is 9.88 Å². The molecule has 26 heavy (non-hydrogen) atoms. The van der Waals surface area contributed by atoms with E-state index >= 15 is 0 Å². The molecule has 0 bridgehead atoms. The lowest BCUT2D eigenvalue weighted by Crippen LogP contribution is -2.37. The standard InChI is InChI=1S/C21H29N3O2/c1-3-19(13-22-8-1)14-23-15-20-4-2-9-24(20)21(16-23)7-12-26-17-18-5-10-25-11-6-18/h1-4,8-9,13,18,21H,5-7,10-12,14-17H2/t21-/m0/s1. The minimum Gasteiger partial charge on any atom is -0.381 e. The maximum Gasteiger partial charge on any atom is 0.0495 e. The Bertz CT molecular complexity index is 667. The Balaban J connectivity index is 1.30. The van der Waals surface area contributed by atoms with Crippen molar-refractivity contribution in [2.45, 2.75) is 38.4 Å². The molecule has 2 aromatic heterocycles. The molecule has 0 unspecified atom stereocenters. The second-order valence-electron chi connectivity index (χ2n) is 7.51. The average Bonchev–Trinajstić information content (AvgIpc) is 3.15. The highest BCUT2D eigenvalue weighted by Crippen LogP contribution is 2.26. The third kappa shape index (κ3) is 4.53. The molecule has 1 fully saturated rings. The molecule has 0 saturated carbocycles. The molecule has 140 valence electrons. The lowest BCUT2D eigenvalue weighted by molar-refractivity contribution is 0.0160. The van der Waals surface area contributed by atoms with Crippen molar-refractivity contribution in [3.63, 3.8) is 0 Å². The SMILES string of the molecule is c1cncc(CN2Cc3cccn3[C@@H](CCOCC3CCOCC3)C2)c1. The van der Waals surface area contributed by atoms with Gasteiger partial charge in [0.15, 0.2) is 0 Å². The van der Waals surface area contributed by atoms with Crippen LogP contribution in [0.5, 0.6) is 0 Å². The van der Waals surface area contributed by atoms with Gasteiger partial charge in [0.05, 0.1) is 0 Å². The average molecular weight is 355 g/mol. The maximum atomic E-state index is 6.02. The largest absolute Gasteiger partial charge is 0.381 e. The number of nitrogens with zero attached hydrogens (tertiary/aromatic N) is 3. The Labute approximate surface area is 155 Å². The molecular formula is C21H29N3O2. The van der Waals surface area contributed by atoms with Gasteiger partial charge in [0.1, 0.15) is 0 Å². The van der Waals surface area contributed by atoms with Crippen LogP contribution in [-0.4, -0.2) is 47.4 Å². The molecule has 0 amide bonds. The first-order valence-electron chi connectivity index (χ1n) is 9.81. The van der Waals surface area contributed by atoms with Gasteiger partial charge >= 0.3 is 0 Å². The Kier molecular flexibility index (Phi) is 5.99. The van der Waals surface area contributed by atoms with Gasteiger partial charge in [0, 0.05) is 76.4 Å². The van der Waals surface area contributed by atoms with Crippen LogP contribution in [0.25, 0.3) is 0 Å². The molecule has 4 rings (SSSR count). The van der Waals surface area contributed by atoms with Crippen LogP contribution >= 0.6 is 0 Å². The van der Waals surface area contributed by atoms with Crippen LogP contribution < -0.4 is 0 Å². The van der Waals surface area contributed by atoms with Gasteiger partial charge in [-0.1, -0.05) is 6.07 Å². The summed E-state index contributed by atoms with van der Waals surface area (Å²) >= 11 is 0. The van der Waals surface area contributed by atoms with Crippen molar-refractivity contribution in [3.05, 3.63) is 54.1 Å². The molecule has 0 aliphatic carbocycles. The summed E-state index contributed by atoms with van der Waals surface area (Å²) in [6, 6.07) is 9.07. The highest BCUT2D eigenvalue weighted by atomic mass is 16.5. The second-order valence-corrected chi connectivity index (χ2v) is 7.51. The topological polar surface area (TPSA) is 39.5 Å². The van der Waals surface area contributed by atoms with Crippen LogP contribution in [0.4, 0.5) is 0 Å². The molecule has 4 heterocycles. The number of hydrogen-bond acceptors (Lipinski definition) is 4. The summed E-state index contributed by atoms with van der Waals surface area (Å²) < 4.78 is 13.9. The zero-order valence-corrected chi connectivity index (χ0v) is 15.4. The van der Waals surface area contributed by atoms with Gasteiger partial charge in [-0.05, 0) is 48.9 Å². The van der Waals surface area contributed by atoms with E-state index in [-0.39, 0.29) is 0 Å². The summed E-state index contributed by atoms with van der Waals surface area (Å²) in [6.45, 7) is 6.53. The van der Waals surface area contributed by atoms with E-state index in [4.69, 9.17) is 9.47 Å². The van der Waals surface area contributed by atoms with E-state index in [1.807, 2.05) is 18.5 Å². The summed E-state index contributed by atoms with van der Waals surface area (Å²) in [5.74, 6) is 0.680. The van der Waals surface area contributed by atoms with E-state index in [1.54, 1.807) is 0 Å². The van der Waals surface area contributed by atoms with E-state index in [9.17, 15) is 0 Å². The Morgan fingerprint density at radius 1 is 1.19 bits per heavy atom. The lowest BCUT2D eigenvalue weighted by Gasteiger charge is -2.35. The molecule has 2 aliphatic heterocycles. The Hall–Kier alpha value is -1.69. The van der Waals surface area contributed by atoms with E-state index in [0.717, 1.165) is 65.3 Å². The number of aromatic nitrogens is 2. The van der Waals surface area contributed by atoms with E-state index in [2.05, 4.69) is 38.8 Å². The molecule has 0 N–H and O–H groups in total. The zero-order chi connectivity index (χ0) is 17.6. The first kappa shape index (κ1) is 17.7. The number of ether oxygens (including phenoxy) is 2. The smallest absolute Gasteiger partial charge is 0.0495 e. The normalized spacial score (nSPS) is 21.6. The molecule has 5 heteroatoms. The van der Waals surface area contributed by atoms with Crippen molar-refractivity contribution >= 4 is 0 Å². The van der Waals surface area contributed by atoms with Crippen LogP contribution in [0, 0.1) is 5.92 Å². The quantitative estimate of drug-likeness (QED) is 0.715. The van der Waals surface area contributed by atoms with Gasteiger partial charge in [0.2, 0.25) is 0 Å². The maximum absolute atomic E-state index is 6.02. The molecule has 2 aliphatic rings. The van der Waals surface area contributed by atoms with Gasteiger partial charge < -0.3 is 14.0 Å². The highest BCUT2D eigenvalue weighted by molar-refractivity contribution is 5.13. The predicted molar refractivity (Wildman–Crippen MR) is 101 cm³/mol. The molecular weight excluding hydrogens is 326 g/mol. The fourth-order valence-electron chi connectivity index (χ4n) is 4.08. The molecule has 0 spiro atoms.